The lowest BCUT2D eigenvalue weighted by Gasteiger charge is -2.27. The maximum Gasteiger partial charge on any atom is 0.0467 e. The van der Waals surface area contributed by atoms with Gasteiger partial charge in [0.25, 0.3) is 0 Å². The van der Waals surface area contributed by atoms with Crippen LogP contribution in [-0.4, -0.2) is 25.0 Å². The van der Waals surface area contributed by atoms with Crippen LogP contribution in [0.4, 0.5) is 0 Å². The summed E-state index contributed by atoms with van der Waals surface area (Å²) in [6.45, 7) is 4.05. The van der Waals surface area contributed by atoms with Crippen molar-refractivity contribution in [3.8, 4) is 0 Å². The normalized spacial score (nSPS) is 13.0. The fraction of sp³-hybridized carbons (Fsp3) is 0.571. The number of nitrogens with two attached hydrogens (primary N) is 1. The monoisotopic (exact) mass is 220 g/mol. The smallest absolute Gasteiger partial charge is 0.0467 e. The van der Waals surface area contributed by atoms with Crippen LogP contribution in [0.5, 0.6) is 0 Å². The van der Waals surface area contributed by atoms with Crippen molar-refractivity contribution < 1.29 is 0 Å². The number of benzene rings is 1. The molecule has 90 valence electrons. The van der Waals surface area contributed by atoms with Gasteiger partial charge in [-0.15, -0.1) is 0 Å². The third-order valence-electron chi connectivity index (χ3n) is 3.05. The topological polar surface area (TPSA) is 29.3 Å². The van der Waals surface area contributed by atoms with Crippen LogP contribution in [0.3, 0.4) is 0 Å². The van der Waals surface area contributed by atoms with Crippen LogP contribution in [0.2, 0.25) is 0 Å². The van der Waals surface area contributed by atoms with Gasteiger partial charge in [0.2, 0.25) is 0 Å². The molecule has 2 N–H and O–H groups in total. The largest absolute Gasteiger partial charge is 0.329 e. The van der Waals surface area contributed by atoms with E-state index in [-0.39, 0.29) is 0 Å². The molecule has 0 amide bonds. The molecule has 1 aromatic carbocycles. The summed E-state index contributed by atoms with van der Waals surface area (Å²) in [5, 5.41) is 0. The number of hydrogen-bond acceptors (Lipinski definition) is 2. The van der Waals surface area contributed by atoms with Crippen LogP contribution >= 0.6 is 0 Å². The number of unbranched alkanes of at least 4 members (excludes halogenated alkanes) is 2. The Kier molecular flexibility index (Phi) is 6.12. The minimum atomic E-state index is 0.359. The molecule has 0 aliphatic rings. The van der Waals surface area contributed by atoms with E-state index < -0.39 is 0 Å². The number of hydrogen-bond donors (Lipinski definition) is 1. The Bertz CT molecular complexity index is 271. The van der Waals surface area contributed by atoms with Gasteiger partial charge >= 0.3 is 0 Å². The third kappa shape index (κ3) is 3.95. The van der Waals surface area contributed by atoms with Crippen LogP contribution < -0.4 is 5.73 Å². The molecule has 2 heteroatoms. The Balaban J connectivity index is 2.53. The Morgan fingerprint density at radius 1 is 1.19 bits per heavy atom. The molecule has 0 bridgehead atoms. The highest BCUT2D eigenvalue weighted by Gasteiger charge is 2.13. The SMILES string of the molecule is CCCCCN(C)C(CN)c1ccccc1. The van der Waals surface area contributed by atoms with Crippen LogP contribution in [0.25, 0.3) is 0 Å². The third-order valence-corrected chi connectivity index (χ3v) is 3.05. The van der Waals surface area contributed by atoms with E-state index in [0.29, 0.717) is 12.6 Å². The quantitative estimate of drug-likeness (QED) is 0.716. The van der Waals surface area contributed by atoms with E-state index in [1.165, 1.54) is 24.8 Å². The second-order valence-electron chi connectivity index (χ2n) is 4.35. The van der Waals surface area contributed by atoms with E-state index in [2.05, 4.69) is 43.1 Å². The summed E-state index contributed by atoms with van der Waals surface area (Å²) >= 11 is 0. The van der Waals surface area contributed by atoms with Crippen molar-refractivity contribution in [1.82, 2.24) is 4.90 Å². The summed E-state index contributed by atoms with van der Waals surface area (Å²) in [5.74, 6) is 0. The molecule has 1 rings (SSSR count). The van der Waals surface area contributed by atoms with Gasteiger partial charge in [-0.3, -0.25) is 4.90 Å². The molecule has 1 unspecified atom stereocenters. The fourth-order valence-electron chi connectivity index (χ4n) is 2.01. The van der Waals surface area contributed by atoms with Crippen molar-refractivity contribution in [1.29, 1.82) is 0 Å². The van der Waals surface area contributed by atoms with Crippen molar-refractivity contribution in [3.63, 3.8) is 0 Å². The molecule has 0 saturated carbocycles. The molecule has 0 aliphatic carbocycles. The summed E-state index contributed by atoms with van der Waals surface area (Å²) in [6, 6.07) is 10.9. The Morgan fingerprint density at radius 2 is 1.88 bits per heavy atom. The second kappa shape index (κ2) is 7.42. The molecule has 1 atom stereocenters. The van der Waals surface area contributed by atoms with Crippen molar-refractivity contribution in [2.45, 2.75) is 32.2 Å². The first-order chi connectivity index (χ1) is 7.79. The molecule has 0 radical (unpaired) electrons. The molecule has 0 saturated heterocycles. The highest BCUT2D eigenvalue weighted by atomic mass is 15.1. The van der Waals surface area contributed by atoms with Crippen molar-refractivity contribution in [2.75, 3.05) is 20.1 Å². The highest BCUT2D eigenvalue weighted by Crippen LogP contribution is 2.18. The summed E-state index contributed by atoms with van der Waals surface area (Å²) in [7, 11) is 2.17. The maximum absolute atomic E-state index is 5.87. The van der Waals surface area contributed by atoms with Crippen molar-refractivity contribution >= 4 is 0 Å². The summed E-state index contributed by atoms with van der Waals surface area (Å²) in [6.07, 6.45) is 3.83. The minimum absolute atomic E-state index is 0.359. The summed E-state index contributed by atoms with van der Waals surface area (Å²) in [4.78, 5) is 2.37. The molecule has 2 nitrogen and oxygen atoms in total. The first-order valence-corrected chi connectivity index (χ1v) is 6.24. The minimum Gasteiger partial charge on any atom is -0.329 e. The van der Waals surface area contributed by atoms with E-state index in [9.17, 15) is 0 Å². The van der Waals surface area contributed by atoms with E-state index in [4.69, 9.17) is 5.73 Å². The van der Waals surface area contributed by atoms with Gasteiger partial charge in [-0.25, -0.2) is 0 Å². The number of nitrogens with zero attached hydrogens (tertiary/aromatic N) is 1. The molecule has 0 fully saturated rings. The van der Waals surface area contributed by atoms with Gasteiger partial charge in [0.1, 0.15) is 0 Å². The molecular weight excluding hydrogens is 196 g/mol. The van der Waals surface area contributed by atoms with Gasteiger partial charge in [-0.1, -0.05) is 50.1 Å². The molecule has 0 heterocycles. The molecular formula is C14H24N2. The molecule has 0 aromatic heterocycles. The lowest BCUT2D eigenvalue weighted by molar-refractivity contribution is 0.245. The zero-order valence-corrected chi connectivity index (χ0v) is 10.5. The second-order valence-corrected chi connectivity index (χ2v) is 4.35. The summed E-state index contributed by atoms with van der Waals surface area (Å²) < 4.78 is 0. The Labute approximate surface area is 99.5 Å². The fourth-order valence-corrected chi connectivity index (χ4v) is 2.01. The number of likely N-dealkylation sites (N-methyl/N-ethyl adjacent to an activating group) is 1. The van der Waals surface area contributed by atoms with E-state index in [1.807, 2.05) is 6.07 Å². The average Bonchev–Trinajstić information content (AvgIpc) is 2.32. The van der Waals surface area contributed by atoms with Crippen LogP contribution in [0, 0.1) is 0 Å². The first-order valence-electron chi connectivity index (χ1n) is 6.24. The maximum atomic E-state index is 5.87. The van der Waals surface area contributed by atoms with E-state index in [0.717, 1.165) is 6.54 Å². The zero-order valence-electron chi connectivity index (χ0n) is 10.5. The van der Waals surface area contributed by atoms with Gasteiger partial charge in [0.05, 0.1) is 0 Å². The van der Waals surface area contributed by atoms with Crippen LogP contribution in [0.1, 0.15) is 37.8 Å². The lowest BCUT2D eigenvalue weighted by atomic mass is 10.1. The van der Waals surface area contributed by atoms with Crippen LogP contribution in [-0.2, 0) is 0 Å². The highest BCUT2D eigenvalue weighted by molar-refractivity contribution is 5.19. The van der Waals surface area contributed by atoms with E-state index in [1.54, 1.807) is 0 Å². The van der Waals surface area contributed by atoms with Crippen LogP contribution in [0.15, 0.2) is 30.3 Å². The Hall–Kier alpha value is -0.860. The molecule has 1 aromatic rings. The van der Waals surface area contributed by atoms with Gasteiger partial charge in [-0.05, 0) is 25.6 Å². The predicted octanol–water partition coefficient (Wildman–Crippen LogP) is 2.81. The molecule has 0 aliphatic heterocycles. The number of rotatable bonds is 7. The molecule has 16 heavy (non-hydrogen) atoms. The average molecular weight is 220 g/mol. The summed E-state index contributed by atoms with van der Waals surface area (Å²) in [5.41, 5.74) is 7.19. The standard InChI is InChI=1S/C14H24N2/c1-3-4-8-11-16(2)14(12-15)13-9-6-5-7-10-13/h5-7,9-10,14H,3-4,8,11-12,15H2,1-2H3. The van der Waals surface area contributed by atoms with Crippen molar-refractivity contribution in [3.05, 3.63) is 35.9 Å². The van der Waals surface area contributed by atoms with Gasteiger partial charge in [-0.2, -0.15) is 0 Å². The molecule has 0 spiro atoms. The lowest BCUT2D eigenvalue weighted by Crippen LogP contribution is -2.31. The van der Waals surface area contributed by atoms with Crippen molar-refractivity contribution in [2.24, 2.45) is 5.73 Å². The van der Waals surface area contributed by atoms with Gasteiger partial charge < -0.3 is 5.73 Å². The van der Waals surface area contributed by atoms with E-state index >= 15 is 0 Å². The predicted molar refractivity (Wildman–Crippen MR) is 70.4 cm³/mol. The van der Waals surface area contributed by atoms with Gasteiger partial charge in [0.15, 0.2) is 0 Å². The zero-order chi connectivity index (χ0) is 11.8. The first kappa shape index (κ1) is 13.2. The Morgan fingerprint density at radius 3 is 2.44 bits per heavy atom. The van der Waals surface area contributed by atoms with Gasteiger partial charge in [0, 0.05) is 12.6 Å².